The van der Waals surface area contributed by atoms with Crippen molar-refractivity contribution in [2.24, 2.45) is 0 Å². The third kappa shape index (κ3) is 3.48. The van der Waals surface area contributed by atoms with Crippen molar-refractivity contribution in [3.63, 3.8) is 0 Å². The third-order valence-electron chi connectivity index (χ3n) is 2.61. The second-order valence-corrected chi connectivity index (χ2v) is 4.07. The lowest BCUT2D eigenvalue weighted by Gasteiger charge is -2.17. The highest BCUT2D eigenvalue weighted by molar-refractivity contribution is 5.96. The molecule has 0 saturated carbocycles. The molecule has 1 amide bonds. The number of methoxy groups -OCH3 is 1. The van der Waals surface area contributed by atoms with Crippen LogP contribution in [0.5, 0.6) is 5.75 Å². The summed E-state index contributed by atoms with van der Waals surface area (Å²) >= 11 is 0. The number of benzene rings is 1. The zero-order chi connectivity index (χ0) is 13.7. The molecule has 1 aromatic carbocycles. The topological polar surface area (TPSA) is 66.8 Å². The fourth-order valence-electron chi connectivity index (χ4n) is 1.49. The SMILES string of the molecule is COC(=O)CCN(C)C(=O)c1ccc(C)cc1O. The lowest BCUT2D eigenvalue weighted by molar-refractivity contribution is -0.140. The number of esters is 1. The molecule has 0 radical (unpaired) electrons. The van der Waals surface area contributed by atoms with Gasteiger partial charge in [-0.15, -0.1) is 0 Å². The Hall–Kier alpha value is -2.04. The van der Waals surface area contributed by atoms with Gasteiger partial charge in [0.05, 0.1) is 19.1 Å². The number of nitrogens with zero attached hydrogens (tertiary/aromatic N) is 1. The van der Waals surface area contributed by atoms with Crippen LogP contribution in [0.3, 0.4) is 0 Å². The lowest BCUT2D eigenvalue weighted by Crippen LogP contribution is -2.29. The quantitative estimate of drug-likeness (QED) is 0.820. The van der Waals surface area contributed by atoms with Crippen molar-refractivity contribution in [2.45, 2.75) is 13.3 Å². The summed E-state index contributed by atoms with van der Waals surface area (Å²) < 4.78 is 4.50. The molecule has 0 saturated heterocycles. The monoisotopic (exact) mass is 251 g/mol. The number of rotatable bonds is 4. The second kappa shape index (κ2) is 6.05. The fourth-order valence-corrected chi connectivity index (χ4v) is 1.49. The van der Waals surface area contributed by atoms with Gasteiger partial charge in [-0.05, 0) is 24.6 Å². The molecule has 1 aromatic rings. The standard InChI is InChI=1S/C13H17NO4/c1-9-4-5-10(11(15)8-9)13(17)14(2)7-6-12(16)18-3/h4-5,8,15H,6-7H2,1-3H3. The number of phenolic OH excluding ortho intramolecular Hbond substituents is 1. The molecule has 0 spiro atoms. The van der Waals surface area contributed by atoms with Crippen LogP contribution in [0.1, 0.15) is 22.3 Å². The minimum atomic E-state index is -0.372. The molecule has 0 aromatic heterocycles. The molecule has 0 unspecified atom stereocenters. The Balaban J connectivity index is 2.71. The first kappa shape index (κ1) is 14.0. The molecule has 98 valence electrons. The fraction of sp³-hybridized carbons (Fsp3) is 0.385. The normalized spacial score (nSPS) is 9.94. The summed E-state index contributed by atoms with van der Waals surface area (Å²) in [6.07, 6.45) is 0.130. The van der Waals surface area contributed by atoms with Crippen LogP contribution < -0.4 is 0 Å². The molecule has 5 heteroatoms. The zero-order valence-corrected chi connectivity index (χ0v) is 10.8. The van der Waals surface area contributed by atoms with Crippen molar-refractivity contribution < 1.29 is 19.4 Å². The van der Waals surface area contributed by atoms with Gasteiger partial charge in [0.15, 0.2) is 0 Å². The summed E-state index contributed by atoms with van der Waals surface area (Å²) in [4.78, 5) is 24.3. The highest BCUT2D eigenvalue weighted by Gasteiger charge is 2.16. The largest absolute Gasteiger partial charge is 0.507 e. The van der Waals surface area contributed by atoms with E-state index in [0.29, 0.717) is 0 Å². The van der Waals surface area contributed by atoms with Gasteiger partial charge in [-0.25, -0.2) is 0 Å². The van der Waals surface area contributed by atoms with Crippen LogP contribution in [-0.2, 0) is 9.53 Å². The van der Waals surface area contributed by atoms with Gasteiger partial charge < -0.3 is 14.7 Å². The Kier molecular flexibility index (Phi) is 4.71. The van der Waals surface area contributed by atoms with E-state index in [1.165, 1.54) is 18.1 Å². The third-order valence-corrected chi connectivity index (χ3v) is 2.61. The molecule has 1 rings (SSSR count). The smallest absolute Gasteiger partial charge is 0.307 e. The van der Waals surface area contributed by atoms with Crippen molar-refractivity contribution in [2.75, 3.05) is 20.7 Å². The highest BCUT2D eigenvalue weighted by Crippen LogP contribution is 2.19. The van der Waals surface area contributed by atoms with E-state index >= 15 is 0 Å². The van der Waals surface area contributed by atoms with Gasteiger partial charge in [-0.3, -0.25) is 9.59 Å². The number of carbonyl (C=O) groups excluding carboxylic acids is 2. The lowest BCUT2D eigenvalue weighted by atomic mass is 10.1. The van der Waals surface area contributed by atoms with Crippen LogP contribution >= 0.6 is 0 Å². The van der Waals surface area contributed by atoms with E-state index in [1.54, 1.807) is 19.2 Å². The average molecular weight is 251 g/mol. The predicted octanol–water partition coefficient (Wildman–Crippen LogP) is 1.34. The summed E-state index contributed by atoms with van der Waals surface area (Å²) in [5.74, 6) is -0.746. The van der Waals surface area contributed by atoms with Crippen LogP contribution in [0.2, 0.25) is 0 Å². The van der Waals surface area contributed by atoms with Gasteiger partial charge in [0.25, 0.3) is 5.91 Å². The summed E-state index contributed by atoms with van der Waals surface area (Å²) in [7, 11) is 2.88. The van der Waals surface area contributed by atoms with Crippen LogP contribution in [0.4, 0.5) is 0 Å². The number of hydrogen-bond donors (Lipinski definition) is 1. The number of carbonyl (C=O) groups is 2. The number of amides is 1. The van der Waals surface area contributed by atoms with Gasteiger partial charge in [0, 0.05) is 13.6 Å². The maximum absolute atomic E-state index is 12.0. The minimum Gasteiger partial charge on any atom is -0.507 e. The summed E-state index contributed by atoms with van der Waals surface area (Å²) in [5, 5.41) is 9.70. The van der Waals surface area contributed by atoms with E-state index in [9.17, 15) is 14.7 Å². The van der Waals surface area contributed by atoms with Gasteiger partial charge in [-0.2, -0.15) is 0 Å². The van der Waals surface area contributed by atoms with E-state index in [0.717, 1.165) is 5.56 Å². The summed E-state index contributed by atoms with van der Waals surface area (Å²) in [6, 6.07) is 4.85. The molecule has 0 aliphatic rings. The summed E-state index contributed by atoms with van der Waals surface area (Å²) in [6.45, 7) is 2.08. The van der Waals surface area contributed by atoms with Crippen molar-refractivity contribution in [1.29, 1.82) is 0 Å². The van der Waals surface area contributed by atoms with Crippen LogP contribution in [0.25, 0.3) is 0 Å². The van der Waals surface area contributed by atoms with E-state index in [1.807, 2.05) is 6.92 Å². The van der Waals surface area contributed by atoms with Gasteiger partial charge in [0.2, 0.25) is 0 Å². The molecular weight excluding hydrogens is 234 g/mol. The highest BCUT2D eigenvalue weighted by atomic mass is 16.5. The zero-order valence-electron chi connectivity index (χ0n) is 10.8. The van der Waals surface area contributed by atoms with E-state index < -0.39 is 0 Å². The molecular formula is C13H17NO4. The van der Waals surface area contributed by atoms with Crippen molar-refractivity contribution >= 4 is 11.9 Å². The number of phenols is 1. The Labute approximate surface area is 106 Å². The number of aryl methyl sites for hydroxylation is 1. The van der Waals surface area contributed by atoms with Crippen molar-refractivity contribution in [1.82, 2.24) is 4.90 Å². The van der Waals surface area contributed by atoms with Crippen LogP contribution in [0.15, 0.2) is 18.2 Å². The van der Waals surface area contributed by atoms with Crippen molar-refractivity contribution in [3.05, 3.63) is 29.3 Å². The molecule has 1 N–H and O–H groups in total. The molecule has 0 heterocycles. The van der Waals surface area contributed by atoms with E-state index in [-0.39, 0.29) is 36.2 Å². The number of ether oxygens (including phenoxy) is 1. The van der Waals surface area contributed by atoms with Crippen LogP contribution in [0, 0.1) is 6.92 Å². The molecule has 0 fully saturated rings. The molecule has 0 aliphatic carbocycles. The Morgan fingerprint density at radius 3 is 2.61 bits per heavy atom. The number of hydrogen-bond acceptors (Lipinski definition) is 4. The predicted molar refractivity (Wildman–Crippen MR) is 66.4 cm³/mol. The van der Waals surface area contributed by atoms with Gasteiger partial charge >= 0.3 is 5.97 Å². The first-order chi connectivity index (χ1) is 8.45. The molecule has 18 heavy (non-hydrogen) atoms. The number of aromatic hydroxyl groups is 1. The molecule has 0 aliphatic heterocycles. The first-order valence-electron chi connectivity index (χ1n) is 5.57. The molecule has 0 bridgehead atoms. The molecule has 5 nitrogen and oxygen atoms in total. The maximum Gasteiger partial charge on any atom is 0.307 e. The molecule has 0 atom stereocenters. The first-order valence-corrected chi connectivity index (χ1v) is 5.57. The van der Waals surface area contributed by atoms with Crippen LogP contribution in [-0.4, -0.2) is 42.6 Å². The van der Waals surface area contributed by atoms with E-state index in [4.69, 9.17) is 0 Å². The maximum atomic E-state index is 12.0. The Bertz CT molecular complexity index is 456. The van der Waals surface area contributed by atoms with Crippen molar-refractivity contribution in [3.8, 4) is 5.75 Å². The minimum absolute atomic E-state index is 0.0510. The van der Waals surface area contributed by atoms with Gasteiger partial charge in [0.1, 0.15) is 5.75 Å². The summed E-state index contributed by atoms with van der Waals surface area (Å²) in [5.41, 5.74) is 1.11. The average Bonchev–Trinajstić information content (AvgIpc) is 2.34. The van der Waals surface area contributed by atoms with Gasteiger partial charge in [-0.1, -0.05) is 6.07 Å². The van der Waals surface area contributed by atoms with E-state index in [2.05, 4.69) is 4.74 Å². The Morgan fingerprint density at radius 1 is 1.39 bits per heavy atom. The second-order valence-electron chi connectivity index (χ2n) is 4.07. The Morgan fingerprint density at radius 2 is 2.06 bits per heavy atom.